The van der Waals surface area contributed by atoms with E-state index in [0.717, 1.165) is 74.5 Å². The molecule has 5 nitrogen and oxygen atoms in total. The van der Waals surface area contributed by atoms with Crippen LogP contribution in [0.3, 0.4) is 0 Å². The van der Waals surface area contributed by atoms with Gasteiger partial charge in [0.25, 0.3) is 0 Å². The number of fused-ring (bicyclic) bond motifs is 5. The Morgan fingerprint density at radius 1 is 0.716 bits per heavy atom. The molecule has 67 heavy (non-hydrogen) atoms. The molecular weight excluding hydrogens is 823 g/mol. The lowest BCUT2D eigenvalue weighted by atomic mass is 9.47. The van der Waals surface area contributed by atoms with Gasteiger partial charge in [-0.15, -0.1) is 0 Å². The van der Waals surface area contributed by atoms with Crippen molar-refractivity contribution in [2.75, 3.05) is 52.7 Å². The minimum Gasteiger partial charge on any atom is -0.379 e. The molecule has 10 atom stereocenters. The topological polar surface area (TPSA) is 40.2 Å². The second kappa shape index (κ2) is 29.6. The van der Waals surface area contributed by atoms with Crippen LogP contribution in [0.25, 0.3) is 0 Å². The first-order valence-corrected chi connectivity index (χ1v) is 28.9. The molecule has 4 fully saturated rings. The normalized spacial score (nSPS) is 29.7. The van der Waals surface area contributed by atoms with E-state index in [-0.39, 0.29) is 6.10 Å². The predicted molar refractivity (Wildman–Crippen MR) is 284 cm³/mol. The van der Waals surface area contributed by atoms with Crippen LogP contribution >= 0.6 is 0 Å². The van der Waals surface area contributed by atoms with E-state index in [1.807, 2.05) is 0 Å². The number of hydrogen-bond acceptors (Lipinski definition) is 5. The molecule has 5 aliphatic rings. The third-order valence-electron chi connectivity index (χ3n) is 18.2. The molecule has 0 bridgehead atoms. The van der Waals surface area contributed by atoms with Crippen molar-refractivity contribution in [2.24, 2.45) is 46.3 Å². The van der Waals surface area contributed by atoms with E-state index >= 15 is 0 Å². The quantitative estimate of drug-likeness (QED) is 0.0519. The fraction of sp³-hybridized carbons (Fsp3) is 0.806. The lowest BCUT2D eigenvalue weighted by Crippen LogP contribution is -2.51. The zero-order valence-corrected chi connectivity index (χ0v) is 44.4. The van der Waals surface area contributed by atoms with Gasteiger partial charge in [0.05, 0.1) is 45.2 Å². The number of ether oxygens (including phenoxy) is 4. The minimum atomic E-state index is 0.0461. The summed E-state index contributed by atoms with van der Waals surface area (Å²) in [6, 6.07) is 11.5. The van der Waals surface area contributed by atoms with Gasteiger partial charge in [-0.2, -0.15) is 0 Å². The summed E-state index contributed by atoms with van der Waals surface area (Å²) in [6.45, 7) is 21.0. The van der Waals surface area contributed by atoms with Gasteiger partial charge in [0.2, 0.25) is 0 Å². The molecule has 0 N–H and O–H groups in total. The van der Waals surface area contributed by atoms with Crippen LogP contribution in [-0.4, -0.2) is 69.8 Å². The van der Waals surface area contributed by atoms with Crippen molar-refractivity contribution in [3.8, 4) is 0 Å². The van der Waals surface area contributed by atoms with Crippen molar-refractivity contribution in [1.82, 2.24) is 4.90 Å². The van der Waals surface area contributed by atoms with E-state index in [1.54, 1.807) is 5.57 Å². The number of likely N-dealkylation sites (tertiary alicyclic amines) is 1. The number of unbranched alkanes of at least 4 members (excludes halogenated alkanes) is 9. The van der Waals surface area contributed by atoms with E-state index < -0.39 is 0 Å². The Morgan fingerprint density at radius 2 is 1.48 bits per heavy atom. The smallest absolute Gasteiger partial charge is 0.0936 e. The number of allylic oxidation sites excluding steroid dienone is 5. The molecule has 5 heteroatoms. The molecule has 3 saturated carbocycles. The molecule has 0 radical (unpaired) electrons. The van der Waals surface area contributed by atoms with Crippen molar-refractivity contribution in [1.29, 1.82) is 0 Å². The Hall–Kier alpha value is -1.76. The average molecular weight is 927 g/mol. The molecule has 1 heterocycles. The molecular formula is C62H103NO4. The third kappa shape index (κ3) is 16.7. The maximum atomic E-state index is 6.56. The van der Waals surface area contributed by atoms with E-state index in [4.69, 9.17) is 18.9 Å². The van der Waals surface area contributed by atoms with Gasteiger partial charge in [-0.25, -0.2) is 0 Å². The third-order valence-corrected chi connectivity index (χ3v) is 18.2. The SMILES string of the molecule is CCCCC/C=C\C/C=C\CCCCCCCCOCC(CN1CCCC1c1ccccc1)OCCOCCO[C@H]1CC[C@@]2(C)C(=CC[C@H]3[C@@H]4CC[C@H]([C@H](C)CCCC(C)C)[C@@]4(C)CC[C@@H]32)C1. The fourth-order valence-electron chi connectivity index (χ4n) is 14.4. The van der Waals surface area contributed by atoms with Gasteiger partial charge in [-0.05, 0) is 161 Å². The van der Waals surface area contributed by atoms with Crippen molar-refractivity contribution >= 4 is 0 Å². The number of hydrogen-bond donors (Lipinski definition) is 0. The molecule has 1 aromatic carbocycles. The molecule has 1 saturated heterocycles. The van der Waals surface area contributed by atoms with Gasteiger partial charge >= 0.3 is 0 Å². The molecule has 0 aromatic heterocycles. The van der Waals surface area contributed by atoms with Gasteiger partial charge in [-0.1, -0.05) is 166 Å². The van der Waals surface area contributed by atoms with Crippen LogP contribution in [0, 0.1) is 46.3 Å². The fourth-order valence-corrected chi connectivity index (χ4v) is 14.4. The number of benzene rings is 1. The lowest BCUT2D eigenvalue weighted by Gasteiger charge is -2.58. The summed E-state index contributed by atoms with van der Waals surface area (Å²) in [5.74, 6) is 5.33. The molecule has 4 aliphatic carbocycles. The Bertz CT molecular complexity index is 1570. The molecule has 380 valence electrons. The Labute approximate surface area is 413 Å². The largest absolute Gasteiger partial charge is 0.379 e. The monoisotopic (exact) mass is 926 g/mol. The van der Waals surface area contributed by atoms with Gasteiger partial charge in [0.1, 0.15) is 0 Å². The maximum absolute atomic E-state index is 6.56. The van der Waals surface area contributed by atoms with Crippen LogP contribution in [0.15, 0.2) is 66.3 Å². The van der Waals surface area contributed by atoms with Crippen molar-refractivity contribution in [2.45, 2.75) is 220 Å². The molecule has 2 unspecified atom stereocenters. The second-order valence-electron chi connectivity index (χ2n) is 23.4. The first-order valence-electron chi connectivity index (χ1n) is 28.9. The molecule has 0 amide bonds. The summed E-state index contributed by atoms with van der Waals surface area (Å²) < 4.78 is 25.6. The average Bonchev–Trinajstić information content (AvgIpc) is 3.95. The highest BCUT2D eigenvalue weighted by Crippen LogP contribution is 2.67. The zero-order chi connectivity index (χ0) is 47.2. The molecule has 6 rings (SSSR count). The number of rotatable bonds is 33. The standard InChI is InChI=1S/C62H103NO4/c1-7-8-9-10-11-12-13-14-15-16-17-18-19-20-21-25-42-65-49-55(48-63-41-27-32-60(63)52-30-23-22-24-31-52)67-46-44-64-43-45-66-54-37-39-61(5)53(47-54)33-34-56-58-36-35-57(51(4)29-26-28-50(2)3)62(58,6)40-38-59(56)61/h11-12,14-15,22-24,30-31,33,50-51,54-60H,7-10,13,16-21,25-29,32,34-49H2,1-6H3/b12-11-,15-14-/t51-,54+,55?,56+,57-,58+,59+,60?,61+,62-/m1/s1. The van der Waals surface area contributed by atoms with Crippen molar-refractivity contribution < 1.29 is 18.9 Å². The molecule has 1 aromatic rings. The van der Waals surface area contributed by atoms with Crippen LogP contribution < -0.4 is 0 Å². The van der Waals surface area contributed by atoms with Gasteiger partial charge < -0.3 is 18.9 Å². The molecule has 0 spiro atoms. The van der Waals surface area contributed by atoms with E-state index in [1.165, 1.54) is 147 Å². The Kier molecular flexibility index (Phi) is 24.1. The summed E-state index contributed by atoms with van der Waals surface area (Å²) in [5.41, 5.74) is 4.08. The first kappa shape index (κ1) is 54.6. The van der Waals surface area contributed by atoms with Crippen LogP contribution in [0.2, 0.25) is 0 Å². The molecule has 1 aliphatic heterocycles. The minimum absolute atomic E-state index is 0.0461. The van der Waals surface area contributed by atoms with Gasteiger partial charge in [0, 0.05) is 19.2 Å². The van der Waals surface area contributed by atoms with Crippen molar-refractivity contribution in [3.63, 3.8) is 0 Å². The highest BCUT2D eigenvalue weighted by Gasteiger charge is 2.59. The predicted octanol–water partition coefficient (Wildman–Crippen LogP) is 16.5. The summed E-state index contributed by atoms with van der Waals surface area (Å²) >= 11 is 0. The van der Waals surface area contributed by atoms with E-state index in [0.29, 0.717) is 56.0 Å². The zero-order valence-electron chi connectivity index (χ0n) is 44.4. The highest BCUT2D eigenvalue weighted by molar-refractivity contribution is 5.26. The van der Waals surface area contributed by atoms with E-state index in [2.05, 4.69) is 107 Å². The summed E-state index contributed by atoms with van der Waals surface area (Å²) in [7, 11) is 0. The maximum Gasteiger partial charge on any atom is 0.0936 e. The lowest BCUT2D eigenvalue weighted by molar-refractivity contribution is -0.0737. The number of nitrogens with zero attached hydrogens (tertiary/aromatic N) is 1. The van der Waals surface area contributed by atoms with Crippen LogP contribution in [-0.2, 0) is 18.9 Å². The van der Waals surface area contributed by atoms with Gasteiger partial charge in [0.15, 0.2) is 0 Å². The second-order valence-corrected chi connectivity index (χ2v) is 23.4. The summed E-state index contributed by atoms with van der Waals surface area (Å²) in [6.07, 6.45) is 45.1. The van der Waals surface area contributed by atoms with Crippen LogP contribution in [0.4, 0.5) is 0 Å². The highest BCUT2D eigenvalue weighted by atomic mass is 16.6. The Morgan fingerprint density at radius 3 is 2.27 bits per heavy atom. The van der Waals surface area contributed by atoms with Crippen LogP contribution in [0.1, 0.15) is 214 Å². The first-order chi connectivity index (χ1) is 32.7. The van der Waals surface area contributed by atoms with Crippen LogP contribution in [0.5, 0.6) is 0 Å². The Balaban J connectivity index is 0.855. The van der Waals surface area contributed by atoms with Crippen molar-refractivity contribution in [3.05, 3.63) is 71.8 Å². The van der Waals surface area contributed by atoms with Gasteiger partial charge in [-0.3, -0.25) is 4.90 Å². The summed E-state index contributed by atoms with van der Waals surface area (Å²) in [5, 5.41) is 0. The summed E-state index contributed by atoms with van der Waals surface area (Å²) in [4.78, 5) is 2.63. The van der Waals surface area contributed by atoms with E-state index in [9.17, 15) is 0 Å².